The van der Waals surface area contributed by atoms with Crippen LogP contribution in [0.4, 0.5) is 23.5 Å². The minimum absolute atomic E-state index is 0.0472. The molecule has 0 aliphatic rings. The van der Waals surface area contributed by atoms with Gasteiger partial charge in [-0.05, 0) is 48.0 Å². The van der Waals surface area contributed by atoms with Crippen molar-refractivity contribution in [1.82, 2.24) is 9.97 Å². The third-order valence-corrected chi connectivity index (χ3v) is 3.77. The lowest BCUT2D eigenvalue weighted by molar-refractivity contribution is -0.141. The first-order valence-electron chi connectivity index (χ1n) is 7.52. The molecule has 8 heteroatoms. The molecule has 1 heterocycles. The average Bonchev–Trinajstić information content (AvgIpc) is 2.61. The highest BCUT2D eigenvalue weighted by molar-refractivity contribution is 6.30. The molecule has 26 heavy (non-hydrogen) atoms. The summed E-state index contributed by atoms with van der Waals surface area (Å²) in [4.78, 5) is 7.64. The highest BCUT2D eigenvalue weighted by atomic mass is 35.5. The minimum Gasteiger partial charge on any atom is -0.350 e. The highest BCUT2D eigenvalue weighted by Gasteiger charge is 2.33. The molecule has 0 saturated carbocycles. The molecule has 0 atom stereocenters. The fraction of sp³-hybridized carbons (Fsp3) is 0.111. The number of nitrogens with zero attached hydrogens (tertiary/aromatic N) is 2. The summed E-state index contributed by atoms with van der Waals surface area (Å²) in [6, 6.07) is 12.7. The summed E-state index contributed by atoms with van der Waals surface area (Å²) >= 11 is 5.80. The quantitative estimate of drug-likeness (QED) is 0.600. The van der Waals surface area contributed by atoms with Crippen molar-refractivity contribution in [2.24, 2.45) is 0 Å². The second kappa shape index (κ2) is 7.29. The second-order valence-electron chi connectivity index (χ2n) is 5.45. The lowest BCUT2D eigenvalue weighted by Crippen LogP contribution is -2.12. The first-order chi connectivity index (χ1) is 12.3. The van der Waals surface area contributed by atoms with Gasteiger partial charge in [-0.15, -0.1) is 0 Å². The molecule has 1 aromatic heterocycles. The van der Waals surface area contributed by atoms with E-state index in [1.54, 1.807) is 24.3 Å². The van der Waals surface area contributed by atoms with Crippen LogP contribution in [0.1, 0.15) is 11.3 Å². The molecule has 0 fully saturated rings. The van der Waals surface area contributed by atoms with Crippen molar-refractivity contribution in [3.63, 3.8) is 0 Å². The van der Waals surface area contributed by atoms with E-state index in [4.69, 9.17) is 11.6 Å². The Labute approximate surface area is 151 Å². The highest BCUT2D eigenvalue weighted by Crippen LogP contribution is 2.31. The average molecular weight is 382 g/mol. The predicted octanol–water partition coefficient (Wildman–Crippen LogP) is 5.57. The van der Waals surface area contributed by atoms with Crippen LogP contribution in [-0.4, -0.2) is 9.97 Å². The van der Waals surface area contributed by atoms with Crippen LogP contribution in [0.5, 0.6) is 0 Å². The molecular weight excluding hydrogens is 370 g/mol. The zero-order valence-electron chi connectivity index (χ0n) is 13.2. The monoisotopic (exact) mass is 381 g/mol. The van der Waals surface area contributed by atoms with Gasteiger partial charge in [0.15, 0.2) is 5.69 Å². The first kappa shape index (κ1) is 18.1. The van der Waals surface area contributed by atoms with E-state index in [2.05, 4.69) is 15.3 Å². The summed E-state index contributed by atoms with van der Waals surface area (Å²) in [6.45, 7) is 0.224. The standard InChI is InChI=1S/C18H12ClF4N3/c19-13-5-1-11(2-6-13)10-24-17-25-15(9-16(26-17)18(21,22)23)12-3-7-14(20)8-4-12/h1-9H,10H2,(H,24,25,26). The first-order valence-corrected chi connectivity index (χ1v) is 7.89. The van der Waals surface area contributed by atoms with Crippen LogP contribution in [0.25, 0.3) is 11.3 Å². The smallest absolute Gasteiger partial charge is 0.350 e. The Hall–Kier alpha value is -2.67. The molecule has 3 aromatic rings. The van der Waals surface area contributed by atoms with Gasteiger partial charge in [-0.2, -0.15) is 13.2 Å². The maximum atomic E-state index is 13.1. The van der Waals surface area contributed by atoms with E-state index in [0.717, 1.165) is 23.8 Å². The molecule has 0 unspecified atom stereocenters. The van der Waals surface area contributed by atoms with Crippen LogP contribution in [-0.2, 0) is 12.7 Å². The maximum Gasteiger partial charge on any atom is 0.433 e. The number of hydrogen-bond donors (Lipinski definition) is 1. The van der Waals surface area contributed by atoms with Gasteiger partial charge in [-0.1, -0.05) is 23.7 Å². The van der Waals surface area contributed by atoms with Gasteiger partial charge in [0.25, 0.3) is 0 Å². The second-order valence-corrected chi connectivity index (χ2v) is 5.88. The summed E-state index contributed by atoms with van der Waals surface area (Å²) in [5.74, 6) is -0.658. The molecule has 0 radical (unpaired) electrons. The van der Waals surface area contributed by atoms with E-state index in [1.807, 2.05) is 0 Å². The van der Waals surface area contributed by atoms with Crippen LogP contribution >= 0.6 is 11.6 Å². The molecule has 3 rings (SSSR count). The van der Waals surface area contributed by atoms with E-state index < -0.39 is 17.7 Å². The van der Waals surface area contributed by atoms with Gasteiger partial charge < -0.3 is 5.32 Å². The van der Waals surface area contributed by atoms with Gasteiger partial charge in [0, 0.05) is 17.1 Å². The number of rotatable bonds is 4. The fourth-order valence-corrected chi connectivity index (χ4v) is 2.35. The van der Waals surface area contributed by atoms with Crippen LogP contribution in [0, 0.1) is 5.82 Å². The Morgan fingerprint density at radius 3 is 2.19 bits per heavy atom. The van der Waals surface area contributed by atoms with Crippen LogP contribution in [0.3, 0.4) is 0 Å². The van der Waals surface area contributed by atoms with Gasteiger partial charge in [-0.25, -0.2) is 14.4 Å². The van der Waals surface area contributed by atoms with Crippen molar-refractivity contribution in [2.45, 2.75) is 12.7 Å². The van der Waals surface area contributed by atoms with Crippen molar-refractivity contribution in [3.8, 4) is 11.3 Å². The Kier molecular flexibility index (Phi) is 5.08. The van der Waals surface area contributed by atoms with Crippen LogP contribution in [0.15, 0.2) is 54.6 Å². The molecule has 134 valence electrons. The lowest BCUT2D eigenvalue weighted by Gasteiger charge is -2.12. The normalized spacial score (nSPS) is 11.4. The minimum atomic E-state index is -4.63. The largest absolute Gasteiger partial charge is 0.433 e. The molecule has 0 saturated heterocycles. The Morgan fingerprint density at radius 1 is 0.923 bits per heavy atom. The number of nitrogens with one attached hydrogen (secondary N) is 1. The Balaban J connectivity index is 1.92. The SMILES string of the molecule is Fc1ccc(-c2cc(C(F)(F)F)nc(NCc3ccc(Cl)cc3)n2)cc1. The molecule has 0 spiro atoms. The molecular formula is C18H12ClF4N3. The summed E-state index contributed by atoms with van der Waals surface area (Å²) in [6.07, 6.45) is -4.63. The topological polar surface area (TPSA) is 37.8 Å². The van der Waals surface area contributed by atoms with Crippen molar-refractivity contribution in [1.29, 1.82) is 0 Å². The number of aromatic nitrogens is 2. The number of anilines is 1. The van der Waals surface area contributed by atoms with Crippen molar-refractivity contribution in [2.75, 3.05) is 5.32 Å². The molecule has 0 aliphatic carbocycles. The van der Waals surface area contributed by atoms with Crippen LogP contribution in [0.2, 0.25) is 5.02 Å². The van der Waals surface area contributed by atoms with Gasteiger partial charge in [-0.3, -0.25) is 0 Å². The van der Waals surface area contributed by atoms with Crippen molar-refractivity contribution >= 4 is 17.5 Å². The molecule has 0 aliphatic heterocycles. The van der Waals surface area contributed by atoms with Gasteiger partial charge >= 0.3 is 6.18 Å². The van der Waals surface area contributed by atoms with Gasteiger partial charge in [0.05, 0.1) is 5.69 Å². The van der Waals surface area contributed by atoms with Crippen molar-refractivity contribution < 1.29 is 17.6 Å². The third kappa shape index (κ3) is 4.49. The van der Waals surface area contributed by atoms with E-state index in [-0.39, 0.29) is 18.2 Å². The predicted molar refractivity (Wildman–Crippen MR) is 91.2 cm³/mol. The fourth-order valence-electron chi connectivity index (χ4n) is 2.22. The third-order valence-electron chi connectivity index (χ3n) is 3.52. The van der Waals surface area contributed by atoms with E-state index >= 15 is 0 Å². The summed E-state index contributed by atoms with van der Waals surface area (Å²) < 4.78 is 52.5. The Morgan fingerprint density at radius 2 is 1.58 bits per heavy atom. The summed E-state index contributed by atoms with van der Waals surface area (Å²) in [5, 5.41) is 3.33. The zero-order valence-corrected chi connectivity index (χ0v) is 13.9. The van der Waals surface area contributed by atoms with Crippen molar-refractivity contribution in [3.05, 3.63) is 76.7 Å². The number of alkyl halides is 3. The lowest BCUT2D eigenvalue weighted by atomic mass is 10.1. The molecule has 0 amide bonds. The number of hydrogen-bond acceptors (Lipinski definition) is 3. The number of benzene rings is 2. The molecule has 3 nitrogen and oxygen atoms in total. The maximum absolute atomic E-state index is 13.1. The summed E-state index contributed by atoms with van der Waals surface area (Å²) in [7, 11) is 0. The summed E-state index contributed by atoms with van der Waals surface area (Å²) in [5.41, 5.74) is 0.129. The molecule has 1 N–H and O–H groups in total. The zero-order chi connectivity index (χ0) is 18.7. The Bertz CT molecular complexity index is 894. The van der Waals surface area contributed by atoms with Gasteiger partial charge in [0.2, 0.25) is 5.95 Å². The van der Waals surface area contributed by atoms with Crippen LogP contribution < -0.4 is 5.32 Å². The number of halogens is 5. The molecule has 0 bridgehead atoms. The van der Waals surface area contributed by atoms with E-state index in [1.165, 1.54) is 12.1 Å². The molecule has 2 aromatic carbocycles. The van der Waals surface area contributed by atoms with E-state index in [0.29, 0.717) is 10.6 Å². The van der Waals surface area contributed by atoms with E-state index in [9.17, 15) is 17.6 Å². The van der Waals surface area contributed by atoms with Gasteiger partial charge in [0.1, 0.15) is 5.82 Å².